The van der Waals surface area contributed by atoms with E-state index in [-0.39, 0.29) is 5.82 Å². The van der Waals surface area contributed by atoms with Crippen LogP contribution in [0.2, 0.25) is 0 Å². The minimum atomic E-state index is -0.414. The number of aromatic nitrogens is 1. The van der Waals surface area contributed by atoms with Crippen molar-refractivity contribution in [3.05, 3.63) is 71.7 Å². The molecule has 0 aliphatic carbocycles. The van der Waals surface area contributed by atoms with Crippen molar-refractivity contribution in [2.75, 3.05) is 6.54 Å². The number of benzene rings is 2. The third kappa shape index (κ3) is 3.10. The van der Waals surface area contributed by atoms with Crippen LogP contribution in [0, 0.1) is 5.82 Å². The molecule has 126 valence electrons. The lowest BCUT2D eigenvalue weighted by Gasteiger charge is -2.25. The Morgan fingerprint density at radius 2 is 1.88 bits per heavy atom. The van der Waals surface area contributed by atoms with E-state index in [1.54, 1.807) is 29.2 Å². The van der Waals surface area contributed by atoms with E-state index in [0.29, 0.717) is 31.0 Å². The lowest BCUT2D eigenvalue weighted by atomic mass is 10.0. The molecule has 2 aromatic carbocycles. The molecule has 0 N–H and O–H groups in total. The van der Waals surface area contributed by atoms with Crippen LogP contribution < -0.4 is 4.74 Å². The van der Waals surface area contributed by atoms with Crippen molar-refractivity contribution >= 4 is 6.09 Å². The molecule has 0 saturated heterocycles. The van der Waals surface area contributed by atoms with Crippen LogP contribution in [-0.4, -0.2) is 22.7 Å². The van der Waals surface area contributed by atoms with Gasteiger partial charge in [-0.2, -0.15) is 0 Å². The van der Waals surface area contributed by atoms with Crippen LogP contribution in [0.5, 0.6) is 5.75 Å². The summed E-state index contributed by atoms with van der Waals surface area (Å²) in [6.45, 7) is 0.852. The van der Waals surface area contributed by atoms with Crippen molar-refractivity contribution in [3.8, 4) is 17.1 Å². The zero-order valence-electron chi connectivity index (χ0n) is 13.3. The van der Waals surface area contributed by atoms with Gasteiger partial charge >= 0.3 is 6.09 Å². The molecule has 5 nitrogen and oxygen atoms in total. The van der Waals surface area contributed by atoms with Crippen LogP contribution in [0.25, 0.3) is 11.3 Å². The quantitative estimate of drug-likeness (QED) is 0.708. The van der Waals surface area contributed by atoms with Crippen LogP contribution in [0.3, 0.4) is 0 Å². The van der Waals surface area contributed by atoms with E-state index in [9.17, 15) is 9.18 Å². The van der Waals surface area contributed by atoms with E-state index in [1.165, 1.54) is 12.1 Å². The number of amides is 1. The maximum atomic E-state index is 13.1. The van der Waals surface area contributed by atoms with Crippen molar-refractivity contribution in [1.29, 1.82) is 0 Å². The second kappa shape index (κ2) is 6.39. The van der Waals surface area contributed by atoms with Gasteiger partial charge in [0.1, 0.15) is 11.6 Å². The van der Waals surface area contributed by atoms with Gasteiger partial charge in [-0.1, -0.05) is 23.4 Å². The number of fused-ring (bicyclic) bond motifs is 1. The molecule has 0 saturated carbocycles. The normalized spacial score (nSPS) is 13.4. The number of hydrogen-bond acceptors (Lipinski definition) is 4. The van der Waals surface area contributed by atoms with E-state index >= 15 is 0 Å². The van der Waals surface area contributed by atoms with E-state index in [0.717, 1.165) is 16.8 Å². The van der Waals surface area contributed by atoms with Gasteiger partial charge in [0, 0.05) is 24.1 Å². The molecule has 2 heterocycles. The molecule has 0 bridgehead atoms. The first kappa shape index (κ1) is 15.4. The SMILES string of the molecule is O=C(Oc1ccccc1)N1CCc2noc(-c3ccc(F)cc3)c2C1. The van der Waals surface area contributed by atoms with Gasteiger partial charge in [-0.05, 0) is 36.4 Å². The Morgan fingerprint density at radius 3 is 2.64 bits per heavy atom. The number of para-hydroxylation sites is 1. The van der Waals surface area contributed by atoms with Crippen LogP contribution in [0.4, 0.5) is 9.18 Å². The van der Waals surface area contributed by atoms with Gasteiger partial charge in [0.2, 0.25) is 0 Å². The fraction of sp³-hybridized carbons (Fsp3) is 0.158. The van der Waals surface area contributed by atoms with Crippen molar-refractivity contribution < 1.29 is 18.4 Å². The lowest BCUT2D eigenvalue weighted by Crippen LogP contribution is -2.37. The summed E-state index contributed by atoms with van der Waals surface area (Å²) < 4.78 is 24.0. The Bertz CT molecular complexity index is 891. The van der Waals surface area contributed by atoms with E-state index in [2.05, 4.69) is 5.16 Å². The van der Waals surface area contributed by atoms with Gasteiger partial charge < -0.3 is 14.2 Å². The number of halogens is 1. The Balaban J connectivity index is 1.55. The molecule has 1 aliphatic rings. The predicted octanol–water partition coefficient (Wildman–Crippen LogP) is 4.04. The fourth-order valence-corrected chi connectivity index (χ4v) is 2.85. The molecule has 1 aromatic heterocycles. The number of rotatable bonds is 2. The summed E-state index contributed by atoms with van der Waals surface area (Å²) in [5.41, 5.74) is 2.39. The number of carbonyl (C=O) groups excluding carboxylic acids is 1. The first-order chi connectivity index (χ1) is 12.2. The molecule has 3 aromatic rings. The summed E-state index contributed by atoms with van der Waals surface area (Å²) in [7, 11) is 0. The van der Waals surface area contributed by atoms with E-state index < -0.39 is 6.09 Å². The van der Waals surface area contributed by atoms with Crippen molar-refractivity contribution in [3.63, 3.8) is 0 Å². The highest BCUT2D eigenvalue weighted by atomic mass is 19.1. The summed E-state index contributed by atoms with van der Waals surface area (Å²) >= 11 is 0. The summed E-state index contributed by atoms with van der Waals surface area (Å²) in [5.74, 6) is 0.750. The largest absolute Gasteiger partial charge is 0.415 e. The topological polar surface area (TPSA) is 55.6 Å². The molecule has 0 fully saturated rings. The fourth-order valence-electron chi connectivity index (χ4n) is 2.85. The molecule has 0 atom stereocenters. The third-order valence-electron chi connectivity index (χ3n) is 4.15. The third-order valence-corrected chi connectivity index (χ3v) is 4.15. The second-order valence-electron chi connectivity index (χ2n) is 5.80. The van der Waals surface area contributed by atoms with Gasteiger partial charge in [0.15, 0.2) is 5.76 Å². The van der Waals surface area contributed by atoms with Crippen molar-refractivity contribution in [2.24, 2.45) is 0 Å². The lowest BCUT2D eigenvalue weighted by molar-refractivity contribution is 0.147. The number of ether oxygens (including phenoxy) is 1. The molecule has 6 heteroatoms. The van der Waals surface area contributed by atoms with Crippen LogP contribution in [0.15, 0.2) is 59.1 Å². The van der Waals surface area contributed by atoms with Crippen molar-refractivity contribution in [1.82, 2.24) is 10.1 Å². The first-order valence-corrected chi connectivity index (χ1v) is 7.96. The zero-order valence-corrected chi connectivity index (χ0v) is 13.3. The van der Waals surface area contributed by atoms with E-state index in [4.69, 9.17) is 9.26 Å². The molecule has 0 spiro atoms. The second-order valence-corrected chi connectivity index (χ2v) is 5.80. The average Bonchev–Trinajstić information content (AvgIpc) is 3.06. The average molecular weight is 338 g/mol. The molecule has 25 heavy (non-hydrogen) atoms. The van der Waals surface area contributed by atoms with Crippen LogP contribution >= 0.6 is 0 Å². The zero-order chi connectivity index (χ0) is 17.2. The highest BCUT2D eigenvalue weighted by Crippen LogP contribution is 2.31. The molecule has 1 amide bonds. The molecular formula is C19H15FN2O3. The monoisotopic (exact) mass is 338 g/mol. The minimum absolute atomic E-state index is 0.315. The van der Waals surface area contributed by atoms with Crippen LogP contribution in [0.1, 0.15) is 11.3 Å². The summed E-state index contributed by atoms with van der Waals surface area (Å²) in [6.07, 6.45) is 0.173. The van der Waals surface area contributed by atoms with Gasteiger partial charge in [0.25, 0.3) is 0 Å². The Labute approximate surface area is 143 Å². The molecule has 1 aliphatic heterocycles. The first-order valence-electron chi connectivity index (χ1n) is 7.96. The summed E-state index contributed by atoms with van der Waals surface area (Å²) in [5, 5.41) is 4.09. The Morgan fingerprint density at radius 1 is 1.12 bits per heavy atom. The summed E-state index contributed by atoms with van der Waals surface area (Å²) in [4.78, 5) is 14.0. The highest BCUT2D eigenvalue weighted by Gasteiger charge is 2.28. The van der Waals surface area contributed by atoms with Gasteiger partial charge in [-0.3, -0.25) is 0 Å². The Kier molecular flexibility index (Phi) is 3.93. The van der Waals surface area contributed by atoms with Gasteiger partial charge in [-0.25, -0.2) is 9.18 Å². The van der Waals surface area contributed by atoms with Crippen LogP contribution in [-0.2, 0) is 13.0 Å². The number of nitrogens with zero attached hydrogens (tertiary/aromatic N) is 2. The maximum Gasteiger partial charge on any atom is 0.415 e. The van der Waals surface area contributed by atoms with Crippen molar-refractivity contribution in [2.45, 2.75) is 13.0 Å². The van der Waals surface area contributed by atoms with Gasteiger partial charge in [-0.15, -0.1) is 0 Å². The molecule has 0 radical (unpaired) electrons. The maximum absolute atomic E-state index is 13.1. The predicted molar refractivity (Wildman–Crippen MR) is 88.5 cm³/mol. The standard InChI is InChI=1S/C19H15FN2O3/c20-14-8-6-13(7-9-14)18-16-12-22(11-10-17(16)21-25-18)19(23)24-15-4-2-1-3-5-15/h1-9H,10-12H2. The number of carbonyl (C=O) groups is 1. The molecular weight excluding hydrogens is 323 g/mol. The van der Waals surface area contributed by atoms with E-state index in [1.807, 2.05) is 18.2 Å². The highest BCUT2D eigenvalue weighted by molar-refractivity contribution is 5.72. The molecule has 4 rings (SSSR count). The minimum Gasteiger partial charge on any atom is -0.410 e. The molecule has 0 unspecified atom stereocenters. The van der Waals surface area contributed by atoms with Gasteiger partial charge in [0.05, 0.1) is 12.2 Å². The summed E-state index contributed by atoms with van der Waals surface area (Å²) in [6, 6.07) is 15.0. The smallest absolute Gasteiger partial charge is 0.410 e. The Hall–Kier alpha value is -3.15. The number of hydrogen-bond donors (Lipinski definition) is 0.